The maximum atomic E-state index is 11.0. The Morgan fingerprint density at radius 1 is 1.40 bits per heavy atom. The van der Waals surface area contributed by atoms with Crippen LogP contribution >= 0.6 is 11.6 Å². The summed E-state index contributed by atoms with van der Waals surface area (Å²) < 4.78 is 11.4. The summed E-state index contributed by atoms with van der Waals surface area (Å²) in [6.45, 7) is 3.98. The molecule has 0 bridgehead atoms. The topological polar surface area (TPSA) is 38.7 Å². The first kappa shape index (κ1) is 14.3. The zero-order valence-corrected chi connectivity index (χ0v) is 12.5. The zero-order valence-electron chi connectivity index (χ0n) is 11.8. The molecule has 1 aromatic carbocycles. The third kappa shape index (κ3) is 2.60. The summed E-state index contributed by atoms with van der Waals surface area (Å²) in [6, 6.07) is 7.52. The highest BCUT2D eigenvalue weighted by molar-refractivity contribution is 6.30. The van der Waals surface area contributed by atoms with Gasteiger partial charge in [0.15, 0.2) is 0 Å². The Balaban J connectivity index is 1.83. The van der Waals surface area contributed by atoms with Gasteiger partial charge in [0.05, 0.1) is 17.8 Å². The van der Waals surface area contributed by atoms with Gasteiger partial charge in [0.2, 0.25) is 0 Å². The van der Waals surface area contributed by atoms with Crippen molar-refractivity contribution in [3.63, 3.8) is 0 Å². The molecule has 0 aliphatic carbocycles. The Hall–Kier alpha value is -0.610. The van der Waals surface area contributed by atoms with Gasteiger partial charge in [0, 0.05) is 24.7 Å². The Morgan fingerprint density at radius 3 is 2.95 bits per heavy atom. The Labute approximate surface area is 124 Å². The summed E-state index contributed by atoms with van der Waals surface area (Å²) in [4.78, 5) is 0. The first-order valence-electron chi connectivity index (χ1n) is 7.22. The number of halogens is 1. The maximum Gasteiger partial charge on any atom is 0.0940 e. The van der Waals surface area contributed by atoms with Crippen LogP contribution in [0.1, 0.15) is 31.7 Å². The Bertz CT molecular complexity index is 480. The lowest BCUT2D eigenvalue weighted by Gasteiger charge is -2.43. The van der Waals surface area contributed by atoms with Crippen LogP contribution in [0.3, 0.4) is 0 Å². The minimum absolute atomic E-state index is 0.163. The summed E-state index contributed by atoms with van der Waals surface area (Å²) in [5.74, 6) is 0.163. The van der Waals surface area contributed by atoms with Gasteiger partial charge in [0.25, 0.3) is 0 Å². The van der Waals surface area contributed by atoms with E-state index in [4.69, 9.17) is 21.1 Å². The number of rotatable bonds is 2. The highest BCUT2D eigenvalue weighted by atomic mass is 35.5. The van der Waals surface area contributed by atoms with E-state index in [9.17, 15) is 5.11 Å². The van der Waals surface area contributed by atoms with E-state index in [2.05, 4.69) is 0 Å². The van der Waals surface area contributed by atoms with Gasteiger partial charge in [-0.1, -0.05) is 23.7 Å². The molecule has 3 nitrogen and oxygen atoms in total. The molecular formula is C16H21ClO3. The first-order valence-corrected chi connectivity index (χ1v) is 7.60. The number of ether oxygens (including phenoxy) is 2. The van der Waals surface area contributed by atoms with Gasteiger partial charge in [-0.25, -0.2) is 0 Å². The second kappa shape index (κ2) is 5.30. The lowest BCUT2D eigenvalue weighted by molar-refractivity contribution is -0.140. The third-order valence-corrected chi connectivity index (χ3v) is 5.00. The SMILES string of the molecule is CC(O)(c1cccc(Cl)c1)C1CCOC2(CCOC2)C1. The number of hydrogen-bond acceptors (Lipinski definition) is 3. The zero-order chi connectivity index (χ0) is 14.2. The average molecular weight is 297 g/mol. The smallest absolute Gasteiger partial charge is 0.0940 e. The van der Waals surface area contributed by atoms with E-state index in [0.29, 0.717) is 18.2 Å². The van der Waals surface area contributed by atoms with Gasteiger partial charge < -0.3 is 14.6 Å². The minimum Gasteiger partial charge on any atom is -0.385 e. The average Bonchev–Trinajstić information content (AvgIpc) is 2.87. The fourth-order valence-corrected chi connectivity index (χ4v) is 3.60. The molecule has 2 aliphatic heterocycles. The summed E-state index contributed by atoms with van der Waals surface area (Å²) in [6.07, 6.45) is 2.63. The molecular weight excluding hydrogens is 276 g/mol. The van der Waals surface area contributed by atoms with Crippen LogP contribution in [0.5, 0.6) is 0 Å². The molecule has 1 aromatic rings. The van der Waals surface area contributed by atoms with E-state index in [-0.39, 0.29) is 11.5 Å². The lowest BCUT2D eigenvalue weighted by atomic mass is 9.73. The van der Waals surface area contributed by atoms with Crippen LogP contribution in [0.25, 0.3) is 0 Å². The molecule has 3 rings (SSSR count). The molecule has 0 saturated carbocycles. The molecule has 20 heavy (non-hydrogen) atoms. The largest absolute Gasteiger partial charge is 0.385 e. The van der Waals surface area contributed by atoms with Gasteiger partial charge in [-0.05, 0) is 43.4 Å². The van der Waals surface area contributed by atoms with Crippen LogP contribution in [-0.2, 0) is 15.1 Å². The minimum atomic E-state index is -0.885. The standard InChI is InChI=1S/C16H21ClO3/c1-15(18,12-3-2-4-14(17)9-12)13-5-7-20-16(10-13)6-8-19-11-16/h2-4,9,13,18H,5-8,10-11H2,1H3. The van der Waals surface area contributed by atoms with E-state index in [1.54, 1.807) is 0 Å². The van der Waals surface area contributed by atoms with E-state index < -0.39 is 5.60 Å². The molecule has 2 heterocycles. The molecule has 1 N–H and O–H groups in total. The third-order valence-electron chi connectivity index (χ3n) is 4.76. The molecule has 2 aliphatic rings. The maximum absolute atomic E-state index is 11.0. The molecule has 110 valence electrons. The quantitative estimate of drug-likeness (QED) is 0.911. The van der Waals surface area contributed by atoms with Crippen molar-refractivity contribution >= 4 is 11.6 Å². The highest BCUT2D eigenvalue weighted by Crippen LogP contribution is 2.44. The van der Waals surface area contributed by atoms with Gasteiger partial charge in [0.1, 0.15) is 0 Å². The molecule has 2 fully saturated rings. The molecule has 0 radical (unpaired) electrons. The number of aliphatic hydroxyl groups is 1. The number of hydrogen-bond donors (Lipinski definition) is 1. The van der Waals surface area contributed by atoms with Crippen LogP contribution in [0.2, 0.25) is 5.02 Å². The molecule has 0 amide bonds. The summed E-state index contributed by atoms with van der Waals surface area (Å²) in [7, 11) is 0. The van der Waals surface area contributed by atoms with Crippen molar-refractivity contribution in [2.45, 2.75) is 37.4 Å². The van der Waals surface area contributed by atoms with Crippen LogP contribution in [0.15, 0.2) is 24.3 Å². The van der Waals surface area contributed by atoms with Gasteiger partial charge in [-0.3, -0.25) is 0 Å². The van der Waals surface area contributed by atoms with Crippen molar-refractivity contribution < 1.29 is 14.6 Å². The molecule has 0 aromatic heterocycles. The normalized spacial score (nSPS) is 33.2. The van der Waals surface area contributed by atoms with Crippen molar-refractivity contribution in [2.24, 2.45) is 5.92 Å². The van der Waals surface area contributed by atoms with Crippen LogP contribution in [0, 0.1) is 5.92 Å². The molecule has 4 heteroatoms. The fraction of sp³-hybridized carbons (Fsp3) is 0.625. The highest BCUT2D eigenvalue weighted by Gasteiger charge is 2.46. The van der Waals surface area contributed by atoms with Crippen molar-refractivity contribution in [2.75, 3.05) is 19.8 Å². The summed E-state index contributed by atoms with van der Waals surface area (Å²) in [5, 5.41) is 11.7. The van der Waals surface area contributed by atoms with Crippen molar-refractivity contribution in [3.8, 4) is 0 Å². The van der Waals surface area contributed by atoms with Gasteiger partial charge in [-0.2, -0.15) is 0 Å². The Kier molecular flexibility index (Phi) is 3.80. The monoisotopic (exact) mass is 296 g/mol. The molecule has 1 spiro atoms. The van der Waals surface area contributed by atoms with Crippen LogP contribution in [-0.4, -0.2) is 30.5 Å². The van der Waals surface area contributed by atoms with Crippen LogP contribution < -0.4 is 0 Å². The van der Waals surface area contributed by atoms with E-state index in [1.165, 1.54) is 0 Å². The van der Waals surface area contributed by atoms with Crippen molar-refractivity contribution in [3.05, 3.63) is 34.9 Å². The first-order chi connectivity index (χ1) is 9.52. The van der Waals surface area contributed by atoms with Crippen molar-refractivity contribution in [1.29, 1.82) is 0 Å². The lowest BCUT2D eigenvalue weighted by Crippen LogP contribution is -2.46. The summed E-state index contributed by atoms with van der Waals surface area (Å²) in [5.41, 5.74) is -0.193. The molecule has 3 atom stereocenters. The molecule has 3 unspecified atom stereocenters. The van der Waals surface area contributed by atoms with E-state index in [0.717, 1.165) is 31.4 Å². The van der Waals surface area contributed by atoms with Gasteiger partial charge in [-0.15, -0.1) is 0 Å². The van der Waals surface area contributed by atoms with E-state index >= 15 is 0 Å². The number of benzene rings is 1. The second-order valence-corrected chi connectivity index (χ2v) is 6.62. The fourth-order valence-electron chi connectivity index (χ4n) is 3.41. The summed E-state index contributed by atoms with van der Waals surface area (Å²) >= 11 is 6.05. The van der Waals surface area contributed by atoms with Crippen LogP contribution in [0.4, 0.5) is 0 Å². The van der Waals surface area contributed by atoms with Gasteiger partial charge >= 0.3 is 0 Å². The molecule has 2 saturated heterocycles. The second-order valence-electron chi connectivity index (χ2n) is 6.18. The predicted molar refractivity (Wildman–Crippen MR) is 77.9 cm³/mol. The van der Waals surface area contributed by atoms with E-state index in [1.807, 2.05) is 31.2 Å². The predicted octanol–water partition coefficient (Wildman–Crippen LogP) is 3.13. The van der Waals surface area contributed by atoms with Crippen molar-refractivity contribution in [1.82, 2.24) is 0 Å². The Morgan fingerprint density at radius 2 is 2.25 bits per heavy atom.